The van der Waals surface area contributed by atoms with Gasteiger partial charge in [-0.2, -0.15) is 0 Å². The zero-order chi connectivity index (χ0) is 14.8. The Morgan fingerprint density at radius 2 is 2.29 bits per heavy atom. The highest BCUT2D eigenvalue weighted by molar-refractivity contribution is 5.39. The molecule has 2 aromatic rings. The summed E-state index contributed by atoms with van der Waals surface area (Å²) in [6.07, 6.45) is 4.25. The maximum atomic E-state index is 12.2. The van der Waals surface area contributed by atoms with Crippen LogP contribution in [0.5, 0.6) is 0 Å². The highest BCUT2D eigenvalue weighted by Crippen LogP contribution is 2.12. The van der Waals surface area contributed by atoms with Crippen LogP contribution in [0.3, 0.4) is 0 Å². The topological polar surface area (TPSA) is 49.6 Å². The first kappa shape index (κ1) is 14.2. The SMILES string of the molecule is CNC1CCCN(Cc2cc(=O)n3cc(C)ccc3n2)C1. The summed E-state index contributed by atoms with van der Waals surface area (Å²) in [6.45, 7) is 4.82. The fourth-order valence-corrected chi connectivity index (χ4v) is 3.00. The average Bonchev–Trinajstić information content (AvgIpc) is 2.48. The molecule has 1 N–H and O–H groups in total. The lowest BCUT2D eigenvalue weighted by Crippen LogP contribution is -2.44. The zero-order valence-electron chi connectivity index (χ0n) is 12.7. The number of rotatable bonds is 3. The van der Waals surface area contributed by atoms with Crippen LogP contribution in [0.4, 0.5) is 0 Å². The highest BCUT2D eigenvalue weighted by atomic mass is 16.1. The molecule has 0 aliphatic carbocycles. The van der Waals surface area contributed by atoms with Crippen LogP contribution in [-0.4, -0.2) is 40.5 Å². The molecule has 1 saturated heterocycles. The molecular weight excluding hydrogens is 264 g/mol. The Balaban J connectivity index is 1.84. The number of fused-ring (bicyclic) bond motifs is 1. The zero-order valence-corrected chi connectivity index (χ0v) is 12.7. The van der Waals surface area contributed by atoms with Crippen LogP contribution in [0.15, 0.2) is 29.2 Å². The van der Waals surface area contributed by atoms with E-state index < -0.39 is 0 Å². The minimum atomic E-state index is 0.000811. The number of likely N-dealkylation sites (tertiary alicyclic amines) is 1. The summed E-state index contributed by atoms with van der Waals surface area (Å²) in [5, 5.41) is 3.34. The third kappa shape index (κ3) is 3.14. The van der Waals surface area contributed by atoms with E-state index in [9.17, 15) is 4.79 Å². The van der Waals surface area contributed by atoms with Crippen molar-refractivity contribution in [2.24, 2.45) is 0 Å². The van der Waals surface area contributed by atoms with Crippen molar-refractivity contribution in [1.29, 1.82) is 0 Å². The fraction of sp³-hybridized carbons (Fsp3) is 0.500. The lowest BCUT2D eigenvalue weighted by molar-refractivity contribution is 0.186. The van der Waals surface area contributed by atoms with E-state index in [-0.39, 0.29) is 5.56 Å². The summed E-state index contributed by atoms with van der Waals surface area (Å²) in [4.78, 5) is 19.2. The van der Waals surface area contributed by atoms with Crippen LogP contribution < -0.4 is 10.9 Å². The highest BCUT2D eigenvalue weighted by Gasteiger charge is 2.19. The van der Waals surface area contributed by atoms with Crippen molar-refractivity contribution >= 4 is 5.65 Å². The molecule has 1 unspecified atom stereocenters. The number of nitrogens with zero attached hydrogens (tertiary/aromatic N) is 3. The summed E-state index contributed by atoms with van der Waals surface area (Å²) in [7, 11) is 2.01. The van der Waals surface area contributed by atoms with Gasteiger partial charge in [-0.05, 0) is 45.0 Å². The van der Waals surface area contributed by atoms with Crippen molar-refractivity contribution in [1.82, 2.24) is 19.6 Å². The van der Waals surface area contributed by atoms with Crippen LogP contribution in [-0.2, 0) is 6.54 Å². The quantitative estimate of drug-likeness (QED) is 0.921. The maximum Gasteiger partial charge on any atom is 0.258 e. The van der Waals surface area contributed by atoms with Crippen molar-refractivity contribution < 1.29 is 0 Å². The van der Waals surface area contributed by atoms with Crippen molar-refractivity contribution in [3.63, 3.8) is 0 Å². The predicted molar refractivity (Wildman–Crippen MR) is 83.6 cm³/mol. The van der Waals surface area contributed by atoms with Gasteiger partial charge in [0.2, 0.25) is 0 Å². The van der Waals surface area contributed by atoms with Gasteiger partial charge in [-0.25, -0.2) is 4.98 Å². The number of likely N-dealkylation sites (N-methyl/N-ethyl adjacent to an activating group) is 1. The molecule has 0 aromatic carbocycles. The van der Waals surface area contributed by atoms with Crippen LogP contribution in [0.1, 0.15) is 24.1 Å². The monoisotopic (exact) mass is 286 g/mol. The van der Waals surface area contributed by atoms with E-state index in [0.717, 1.165) is 36.5 Å². The number of nitrogens with one attached hydrogen (secondary N) is 1. The van der Waals surface area contributed by atoms with Gasteiger partial charge in [0.1, 0.15) is 5.65 Å². The van der Waals surface area contributed by atoms with Crippen LogP contribution in [0.2, 0.25) is 0 Å². The average molecular weight is 286 g/mol. The van der Waals surface area contributed by atoms with Gasteiger partial charge in [0, 0.05) is 31.4 Å². The van der Waals surface area contributed by atoms with Crippen molar-refractivity contribution in [3.8, 4) is 0 Å². The summed E-state index contributed by atoms with van der Waals surface area (Å²) in [5.74, 6) is 0. The molecule has 1 atom stereocenters. The molecule has 5 heteroatoms. The molecule has 0 amide bonds. The molecule has 0 saturated carbocycles. The second-order valence-corrected chi connectivity index (χ2v) is 5.88. The van der Waals surface area contributed by atoms with Crippen molar-refractivity contribution in [3.05, 3.63) is 46.0 Å². The molecule has 1 fully saturated rings. The number of aromatic nitrogens is 2. The summed E-state index contributed by atoms with van der Waals surface area (Å²) in [6, 6.07) is 6.11. The number of aryl methyl sites for hydroxylation is 1. The van der Waals surface area contributed by atoms with Crippen molar-refractivity contribution in [2.45, 2.75) is 32.4 Å². The van der Waals surface area contributed by atoms with Crippen LogP contribution in [0, 0.1) is 6.92 Å². The molecule has 3 heterocycles. The Labute approximate surface area is 124 Å². The Hall–Kier alpha value is -1.72. The van der Waals surface area contributed by atoms with E-state index in [1.54, 1.807) is 10.5 Å². The number of pyridine rings is 1. The lowest BCUT2D eigenvalue weighted by atomic mass is 10.1. The van der Waals surface area contributed by atoms with Gasteiger partial charge < -0.3 is 5.32 Å². The first-order valence-corrected chi connectivity index (χ1v) is 7.54. The predicted octanol–water partition coefficient (Wildman–Crippen LogP) is 1.19. The van der Waals surface area contributed by atoms with E-state index in [1.807, 2.05) is 32.3 Å². The van der Waals surface area contributed by atoms with Crippen molar-refractivity contribution in [2.75, 3.05) is 20.1 Å². The van der Waals surface area contributed by atoms with Gasteiger partial charge in [0.25, 0.3) is 5.56 Å². The molecule has 0 bridgehead atoms. The van der Waals surface area contributed by atoms with Crippen LogP contribution >= 0.6 is 0 Å². The Morgan fingerprint density at radius 1 is 1.43 bits per heavy atom. The molecule has 1 aliphatic heterocycles. The summed E-state index contributed by atoms with van der Waals surface area (Å²) < 4.78 is 1.62. The summed E-state index contributed by atoms with van der Waals surface area (Å²) in [5.41, 5.74) is 2.65. The van der Waals surface area contributed by atoms with Gasteiger partial charge in [-0.15, -0.1) is 0 Å². The molecule has 0 spiro atoms. The van der Waals surface area contributed by atoms with Gasteiger partial charge >= 0.3 is 0 Å². The number of hydrogen-bond acceptors (Lipinski definition) is 4. The van der Waals surface area contributed by atoms with Gasteiger partial charge in [0.05, 0.1) is 5.69 Å². The molecule has 0 radical (unpaired) electrons. The Kier molecular flexibility index (Phi) is 4.03. The number of piperidine rings is 1. The van der Waals surface area contributed by atoms with Crippen LogP contribution in [0.25, 0.3) is 5.65 Å². The lowest BCUT2D eigenvalue weighted by Gasteiger charge is -2.32. The van der Waals surface area contributed by atoms with E-state index in [1.165, 1.54) is 12.8 Å². The maximum absolute atomic E-state index is 12.2. The van der Waals surface area contributed by atoms with Gasteiger partial charge in [0.15, 0.2) is 0 Å². The molecule has 21 heavy (non-hydrogen) atoms. The first-order valence-electron chi connectivity index (χ1n) is 7.54. The molecule has 5 nitrogen and oxygen atoms in total. The third-order valence-corrected chi connectivity index (χ3v) is 4.16. The van der Waals surface area contributed by atoms with E-state index in [2.05, 4.69) is 15.2 Å². The minimum Gasteiger partial charge on any atom is -0.316 e. The molecule has 2 aromatic heterocycles. The van der Waals surface area contributed by atoms with Gasteiger partial charge in [-0.1, -0.05) is 6.07 Å². The second-order valence-electron chi connectivity index (χ2n) is 5.88. The normalized spacial score (nSPS) is 20.0. The largest absolute Gasteiger partial charge is 0.316 e. The fourth-order valence-electron chi connectivity index (χ4n) is 3.00. The summed E-state index contributed by atoms with van der Waals surface area (Å²) >= 11 is 0. The first-order chi connectivity index (χ1) is 10.2. The molecular formula is C16H22N4O. The van der Waals surface area contributed by atoms with E-state index >= 15 is 0 Å². The Bertz CT molecular complexity index is 694. The van der Waals surface area contributed by atoms with Gasteiger partial charge in [-0.3, -0.25) is 14.1 Å². The Morgan fingerprint density at radius 3 is 3.10 bits per heavy atom. The molecule has 3 rings (SSSR count). The van der Waals surface area contributed by atoms with E-state index in [4.69, 9.17) is 0 Å². The standard InChI is InChI=1S/C16H22N4O/c1-12-5-6-15-18-14(8-16(21)20(15)9-12)11-19-7-3-4-13(10-19)17-2/h5-6,8-9,13,17H,3-4,7,10-11H2,1-2H3. The second kappa shape index (κ2) is 5.95. The minimum absolute atomic E-state index is 0.000811. The smallest absolute Gasteiger partial charge is 0.258 e. The number of hydrogen-bond donors (Lipinski definition) is 1. The third-order valence-electron chi connectivity index (χ3n) is 4.16. The molecule has 112 valence electrons. The van der Waals surface area contributed by atoms with E-state index in [0.29, 0.717) is 6.04 Å². The molecule has 1 aliphatic rings.